The first-order chi connectivity index (χ1) is 10.1. The molecule has 0 saturated carbocycles. The van der Waals surface area contributed by atoms with Crippen LogP contribution in [0.4, 0.5) is 4.39 Å². The molecule has 0 unspecified atom stereocenters. The maximum Gasteiger partial charge on any atom is 0.305 e. The molecule has 4 nitrogen and oxygen atoms in total. The van der Waals surface area contributed by atoms with Crippen molar-refractivity contribution in [2.75, 3.05) is 0 Å². The van der Waals surface area contributed by atoms with E-state index in [4.69, 9.17) is 5.11 Å². The van der Waals surface area contributed by atoms with Gasteiger partial charge in [-0.05, 0) is 29.8 Å². The maximum atomic E-state index is 12.8. The molecule has 2 rings (SSSR count). The van der Waals surface area contributed by atoms with Gasteiger partial charge in [0, 0.05) is 5.56 Å². The lowest BCUT2D eigenvalue weighted by molar-refractivity contribution is -0.137. The molecule has 1 amide bonds. The van der Waals surface area contributed by atoms with E-state index in [0.29, 0.717) is 5.56 Å². The Bertz CT molecular complexity index is 626. The van der Waals surface area contributed by atoms with Gasteiger partial charge in [0.15, 0.2) is 0 Å². The molecule has 1 atom stereocenters. The largest absolute Gasteiger partial charge is 0.481 e. The molecule has 0 saturated heterocycles. The van der Waals surface area contributed by atoms with Crippen LogP contribution in [0.15, 0.2) is 54.6 Å². The molecular weight excluding hydrogens is 273 g/mol. The monoisotopic (exact) mass is 287 g/mol. The van der Waals surface area contributed by atoms with Crippen molar-refractivity contribution in [1.29, 1.82) is 0 Å². The quantitative estimate of drug-likeness (QED) is 0.888. The van der Waals surface area contributed by atoms with Gasteiger partial charge in [-0.2, -0.15) is 0 Å². The van der Waals surface area contributed by atoms with Crippen molar-refractivity contribution in [1.82, 2.24) is 5.32 Å². The molecule has 0 fully saturated rings. The van der Waals surface area contributed by atoms with Crippen LogP contribution < -0.4 is 5.32 Å². The highest BCUT2D eigenvalue weighted by molar-refractivity contribution is 5.94. The molecule has 0 aliphatic heterocycles. The minimum absolute atomic E-state index is 0.225. The van der Waals surface area contributed by atoms with E-state index in [2.05, 4.69) is 5.32 Å². The third kappa shape index (κ3) is 4.14. The second kappa shape index (κ2) is 6.65. The lowest BCUT2D eigenvalue weighted by Crippen LogP contribution is -2.30. The van der Waals surface area contributed by atoms with Crippen molar-refractivity contribution in [3.63, 3.8) is 0 Å². The first kappa shape index (κ1) is 14.7. The third-order valence-corrected chi connectivity index (χ3v) is 2.99. The molecule has 0 bridgehead atoms. The number of aliphatic carboxylic acids is 1. The number of hydrogen-bond donors (Lipinski definition) is 2. The summed E-state index contributed by atoms with van der Waals surface area (Å²) in [6.45, 7) is 0. The van der Waals surface area contributed by atoms with Gasteiger partial charge >= 0.3 is 5.97 Å². The summed E-state index contributed by atoms with van der Waals surface area (Å²) in [5.41, 5.74) is 0.984. The lowest BCUT2D eigenvalue weighted by atomic mass is 10.0. The average Bonchev–Trinajstić information content (AvgIpc) is 2.47. The van der Waals surface area contributed by atoms with Gasteiger partial charge in [-0.3, -0.25) is 9.59 Å². The fourth-order valence-electron chi connectivity index (χ4n) is 1.96. The second-order valence-corrected chi connectivity index (χ2v) is 4.54. The Hall–Kier alpha value is -2.69. The normalized spacial score (nSPS) is 11.7. The summed E-state index contributed by atoms with van der Waals surface area (Å²) in [6, 6.07) is 13.3. The molecule has 21 heavy (non-hydrogen) atoms. The molecule has 108 valence electrons. The summed E-state index contributed by atoms with van der Waals surface area (Å²) < 4.78 is 12.8. The van der Waals surface area contributed by atoms with E-state index >= 15 is 0 Å². The van der Waals surface area contributed by atoms with Crippen molar-refractivity contribution < 1.29 is 19.1 Å². The zero-order chi connectivity index (χ0) is 15.2. The van der Waals surface area contributed by atoms with Gasteiger partial charge in [-0.1, -0.05) is 30.3 Å². The average molecular weight is 287 g/mol. The van der Waals surface area contributed by atoms with E-state index in [-0.39, 0.29) is 12.0 Å². The SMILES string of the molecule is O=C(O)C[C@@H](NC(=O)c1ccc(F)cc1)c1ccccc1. The summed E-state index contributed by atoms with van der Waals surface area (Å²) in [6.07, 6.45) is -0.225. The summed E-state index contributed by atoms with van der Waals surface area (Å²) in [5.74, 6) is -1.88. The molecule has 0 aliphatic carbocycles. The van der Waals surface area contributed by atoms with E-state index in [0.717, 1.165) is 0 Å². The van der Waals surface area contributed by atoms with E-state index < -0.39 is 23.7 Å². The number of rotatable bonds is 5. The predicted molar refractivity (Wildman–Crippen MR) is 75.3 cm³/mol. The second-order valence-electron chi connectivity index (χ2n) is 4.54. The summed E-state index contributed by atoms with van der Waals surface area (Å²) in [7, 11) is 0. The lowest BCUT2D eigenvalue weighted by Gasteiger charge is -2.17. The van der Waals surface area contributed by atoms with Crippen LogP contribution in [0.3, 0.4) is 0 Å². The van der Waals surface area contributed by atoms with Crippen molar-refractivity contribution in [3.8, 4) is 0 Å². The van der Waals surface area contributed by atoms with Gasteiger partial charge in [-0.25, -0.2) is 4.39 Å². The van der Waals surface area contributed by atoms with Gasteiger partial charge in [-0.15, -0.1) is 0 Å². The molecule has 5 heteroatoms. The van der Waals surface area contributed by atoms with E-state index in [1.165, 1.54) is 24.3 Å². The van der Waals surface area contributed by atoms with Crippen molar-refractivity contribution >= 4 is 11.9 Å². The van der Waals surface area contributed by atoms with E-state index in [1.807, 2.05) is 6.07 Å². The highest BCUT2D eigenvalue weighted by Crippen LogP contribution is 2.17. The number of hydrogen-bond acceptors (Lipinski definition) is 2. The standard InChI is InChI=1S/C16H14FNO3/c17-13-8-6-12(7-9-13)16(21)18-14(10-15(19)20)11-4-2-1-3-5-11/h1-9,14H,10H2,(H,18,21)(H,19,20)/t14-/m1/s1. The number of carbonyl (C=O) groups is 2. The van der Waals surface area contributed by atoms with Crippen molar-refractivity contribution in [2.24, 2.45) is 0 Å². The number of halogens is 1. The Kier molecular flexibility index (Phi) is 4.66. The molecule has 2 aromatic rings. The highest BCUT2D eigenvalue weighted by atomic mass is 19.1. The van der Waals surface area contributed by atoms with Crippen LogP contribution in [-0.2, 0) is 4.79 Å². The Morgan fingerprint density at radius 2 is 1.67 bits per heavy atom. The minimum Gasteiger partial charge on any atom is -0.481 e. The summed E-state index contributed by atoms with van der Waals surface area (Å²) in [4.78, 5) is 23.0. The predicted octanol–water partition coefficient (Wildman–Crippen LogP) is 2.77. The van der Waals surface area contributed by atoms with Gasteiger partial charge in [0.2, 0.25) is 0 Å². The first-order valence-corrected chi connectivity index (χ1v) is 6.39. The van der Waals surface area contributed by atoms with E-state index in [9.17, 15) is 14.0 Å². The molecule has 0 radical (unpaired) electrons. The molecule has 2 N–H and O–H groups in total. The molecular formula is C16H14FNO3. The van der Waals surface area contributed by atoms with Crippen LogP contribution >= 0.6 is 0 Å². The maximum absolute atomic E-state index is 12.8. The van der Waals surface area contributed by atoms with Crippen molar-refractivity contribution in [2.45, 2.75) is 12.5 Å². The van der Waals surface area contributed by atoms with Crippen LogP contribution in [0.5, 0.6) is 0 Å². The molecule has 0 spiro atoms. The molecule has 0 aliphatic rings. The van der Waals surface area contributed by atoms with Crippen LogP contribution in [0, 0.1) is 5.82 Å². The number of nitrogens with one attached hydrogen (secondary N) is 1. The van der Waals surface area contributed by atoms with Crippen molar-refractivity contribution in [3.05, 3.63) is 71.5 Å². The summed E-state index contributed by atoms with van der Waals surface area (Å²) in [5, 5.41) is 11.6. The number of carboxylic acid groups (broad SMARTS) is 1. The molecule has 0 aromatic heterocycles. The minimum atomic E-state index is -1.01. The van der Waals surface area contributed by atoms with Gasteiger partial charge in [0.1, 0.15) is 5.82 Å². The van der Waals surface area contributed by atoms with Gasteiger partial charge < -0.3 is 10.4 Å². The number of carboxylic acids is 1. The van der Waals surface area contributed by atoms with E-state index in [1.54, 1.807) is 24.3 Å². The topological polar surface area (TPSA) is 66.4 Å². The van der Waals surface area contributed by atoms with Crippen LogP contribution in [0.2, 0.25) is 0 Å². The van der Waals surface area contributed by atoms with Gasteiger partial charge in [0.25, 0.3) is 5.91 Å². The Labute approximate surface area is 121 Å². The fraction of sp³-hybridized carbons (Fsp3) is 0.125. The molecule has 2 aromatic carbocycles. The molecule has 0 heterocycles. The third-order valence-electron chi connectivity index (χ3n) is 2.99. The fourth-order valence-corrected chi connectivity index (χ4v) is 1.96. The van der Waals surface area contributed by atoms with Crippen LogP contribution in [0.25, 0.3) is 0 Å². The zero-order valence-corrected chi connectivity index (χ0v) is 11.1. The van der Waals surface area contributed by atoms with Crippen LogP contribution in [0.1, 0.15) is 28.4 Å². The number of carbonyl (C=O) groups excluding carboxylic acids is 1. The Morgan fingerprint density at radius 1 is 1.05 bits per heavy atom. The van der Waals surface area contributed by atoms with Crippen LogP contribution in [-0.4, -0.2) is 17.0 Å². The first-order valence-electron chi connectivity index (χ1n) is 6.39. The zero-order valence-electron chi connectivity index (χ0n) is 11.1. The highest BCUT2D eigenvalue weighted by Gasteiger charge is 2.18. The summed E-state index contributed by atoms with van der Waals surface area (Å²) >= 11 is 0. The van der Waals surface area contributed by atoms with Gasteiger partial charge in [0.05, 0.1) is 12.5 Å². The number of amides is 1. The smallest absolute Gasteiger partial charge is 0.305 e. The Morgan fingerprint density at radius 3 is 2.24 bits per heavy atom. The Balaban J connectivity index is 2.17. The number of benzene rings is 2.